The van der Waals surface area contributed by atoms with E-state index < -0.39 is 0 Å². The second-order valence-corrected chi connectivity index (χ2v) is 3.82. The molecule has 0 unspecified atom stereocenters. The first-order valence-corrected chi connectivity index (χ1v) is 4.68. The van der Waals surface area contributed by atoms with Gasteiger partial charge in [-0.15, -0.1) is 0 Å². The molecule has 1 saturated carbocycles. The molecule has 74 valence electrons. The summed E-state index contributed by atoms with van der Waals surface area (Å²) >= 11 is 0. The minimum Gasteiger partial charge on any atom is -0.329 e. The van der Waals surface area contributed by atoms with Crippen molar-refractivity contribution in [2.24, 2.45) is 11.1 Å². The van der Waals surface area contributed by atoms with Crippen LogP contribution in [0.15, 0.2) is 24.3 Å². The van der Waals surface area contributed by atoms with E-state index >= 15 is 0 Å². The van der Waals surface area contributed by atoms with Crippen molar-refractivity contribution in [1.29, 1.82) is 0 Å². The van der Waals surface area contributed by atoms with Crippen LogP contribution >= 0.6 is 0 Å². The normalized spacial score (nSPS) is 17.9. The van der Waals surface area contributed by atoms with E-state index in [4.69, 9.17) is 5.73 Å². The first kappa shape index (κ1) is 9.34. The van der Waals surface area contributed by atoms with E-state index in [0.717, 1.165) is 12.8 Å². The Hall–Kier alpha value is -1.22. The smallest absolute Gasteiger partial charge is 0.170 e. The van der Waals surface area contributed by atoms with Gasteiger partial charge in [-0.25, -0.2) is 4.39 Å². The van der Waals surface area contributed by atoms with Crippen molar-refractivity contribution in [1.82, 2.24) is 0 Å². The summed E-state index contributed by atoms with van der Waals surface area (Å²) in [6.45, 7) is 0.392. The molecule has 1 aliphatic carbocycles. The fourth-order valence-corrected chi connectivity index (χ4v) is 1.58. The Balaban J connectivity index is 2.23. The summed E-state index contributed by atoms with van der Waals surface area (Å²) in [5.41, 5.74) is 5.77. The average molecular weight is 193 g/mol. The second kappa shape index (κ2) is 3.17. The molecule has 1 fully saturated rings. The maximum Gasteiger partial charge on any atom is 0.170 e. The lowest BCUT2D eigenvalue weighted by molar-refractivity contribution is 0.0905. The molecule has 1 aliphatic rings. The summed E-state index contributed by atoms with van der Waals surface area (Å²) in [5, 5.41) is 0. The molecule has 0 bridgehead atoms. The molecule has 0 radical (unpaired) electrons. The van der Waals surface area contributed by atoms with Gasteiger partial charge in [0.1, 0.15) is 5.82 Å². The van der Waals surface area contributed by atoms with Crippen LogP contribution in [0.25, 0.3) is 0 Å². The molecule has 0 spiro atoms. The third kappa shape index (κ3) is 1.44. The van der Waals surface area contributed by atoms with Crippen LogP contribution in [0.4, 0.5) is 4.39 Å². The Morgan fingerprint density at radius 1 is 1.36 bits per heavy atom. The van der Waals surface area contributed by atoms with Crippen molar-refractivity contribution >= 4 is 5.78 Å². The number of carbonyl (C=O) groups excluding carboxylic acids is 1. The van der Waals surface area contributed by atoms with E-state index in [-0.39, 0.29) is 17.0 Å². The van der Waals surface area contributed by atoms with Gasteiger partial charge in [0.15, 0.2) is 5.78 Å². The number of halogens is 1. The third-order valence-corrected chi connectivity index (χ3v) is 2.83. The molecule has 0 atom stereocenters. The zero-order valence-corrected chi connectivity index (χ0v) is 7.79. The molecular formula is C11H12FNO. The van der Waals surface area contributed by atoms with Crippen molar-refractivity contribution < 1.29 is 9.18 Å². The maximum atomic E-state index is 12.6. The first-order chi connectivity index (χ1) is 6.68. The number of hydrogen-bond donors (Lipinski definition) is 1. The topological polar surface area (TPSA) is 43.1 Å². The SMILES string of the molecule is NCC1(C(=O)c2ccc(F)cc2)CC1. The fraction of sp³-hybridized carbons (Fsp3) is 0.364. The number of ketones is 1. The van der Waals surface area contributed by atoms with E-state index in [0.29, 0.717) is 12.1 Å². The Morgan fingerprint density at radius 2 is 1.93 bits per heavy atom. The minimum atomic E-state index is -0.335. The molecule has 14 heavy (non-hydrogen) atoms. The molecule has 0 aliphatic heterocycles. The van der Waals surface area contributed by atoms with Gasteiger partial charge >= 0.3 is 0 Å². The van der Waals surface area contributed by atoms with Crippen LogP contribution in [0.2, 0.25) is 0 Å². The highest BCUT2D eigenvalue weighted by atomic mass is 19.1. The number of rotatable bonds is 3. The average Bonchev–Trinajstić information content (AvgIpc) is 2.99. The molecule has 2 nitrogen and oxygen atoms in total. The van der Waals surface area contributed by atoms with Gasteiger partial charge in [-0.2, -0.15) is 0 Å². The predicted molar refractivity (Wildman–Crippen MR) is 51.5 cm³/mol. The lowest BCUT2D eigenvalue weighted by Crippen LogP contribution is -2.25. The number of nitrogens with two attached hydrogens (primary N) is 1. The summed E-state index contributed by atoms with van der Waals surface area (Å²) in [6, 6.07) is 5.65. The monoisotopic (exact) mass is 193 g/mol. The summed E-state index contributed by atoms with van der Waals surface area (Å²) in [6.07, 6.45) is 1.72. The molecule has 0 heterocycles. The van der Waals surface area contributed by atoms with Crippen molar-refractivity contribution in [3.63, 3.8) is 0 Å². The molecule has 0 saturated heterocycles. The van der Waals surface area contributed by atoms with E-state index in [1.54, 1.807) is 0 Å². The fourth-order valence-electron chi connectivity index (χ4n) is 1.58. The van der Waals surface area contributed by atoms with Gasteiger partial charge in [0.2, 0.25) is 0 Å². The van der Waals surface area contributed by atoms with Crippen LogP contribution in [-0.2, 0) is 0 Å². The Labute approximate surface area is 81.9 Å². The van der Waals surface area contributed by atoms with Gasteiger partial charge in [0.05, 0.1) is 0 Å². The predicted octanol–water partition coefficient (Wildman–Crippen LogP) is 1.75. The van der Waals surface area contributed by atoms with E-state index in [9.17, 15) is 9.18 Å². The van der Waals surface area contributed by atoms with Crippen molar-refractivity contribution in [3.05, 3.63) is 35.6 Å². The molecule has 0 aromatic heterocycles. The number of hydrogen-bond acceptors (Lipinski definition) is 2. The van der Waals surface area contributed by atoms with Crippen LogP contribution < -0.4 is 5.73 Å². The van der Waals surface area contributed by atoms with Gasteiger partial charge < -0.3 is 5.73 Å². The third-order valence-electron chi connectivity index (χ3n) is 2.83. The van der Waals surface area contributed by atoms with Crippen LogP contribution in [0.5, 0.6) is 0 Å². The minimum absolute atomic E-state index is 0.0556. The highest BCUT2D eigenvalue weighted by molar-refractivity contribution is 6.02. The second-order valence-electron chi connectivity index (χ2n) is 3.82. The Kier molecular flexibility index (Phi) is 2.11. The van der Waals surface area contributed by atoms with E-state index in [2.05, 4.69) is 0 Å². The van der Waals surface area contributed by atoms with Crippen molar-refractivity contribution in [3.8, 4) is 0 Å². The lowest BCUT2D eigenvalue weighted by Gasteiger charge is -2.10. The maximum absolute atomic E-state index is 12.6. The largest absolute Gasteiger partial charge is 0.329 e. The molecule has 2 rings (SSSR count). The molecule has 1 aromatic carbocycles. The van der Waals surface area contributed by atoms with Crippen LogP contribution in [0.1, 0.15) is 23.2 Å². The summed E-state index contributed by atoms with van der Waals surface area (Å²) < 4.78 is 12.6. The quantitative estimate of drug-likeness (QED) is 0.743. The van der Waals surface area contributed by atoms with Crippen LogP contribution in [0, 0.1) is 11.2 Å². The molecule has 2 N–H and O–H groups in total. The molecule has 0 amide bonds. The number of Topliss-reactive ketones (excluding diaryl/α,β-unsaturated/α-hetero) is 1. The summed E-state index contributed by atoms with van der Waals surface area (Å²) in [4.78, 5) is 11.9. The van der Waals surface area contributed by atoms with Gasteiger partial charge in [-0.05, 0) is 37.1 Å². The van der Waals surface area contributed by atoms with E-state index in [1.165, 1.54) is 24.3 Å². The molecule has 1 aromatic rings. The summed E-state index contributed by atoms with van der Waals surface area (Å²) in [7, 11) is 0. The van der Waals surface area contributed by atoms with Crippen molar-refractivity contribution in [2.45, 2.75) is 12.8 Å². The van der Waals surface area contributed by atoms with Crippen molar-refractivity contribution in [2.75, 3.05) is 6.54 Å². The zero-order valence-electron chi connectivity index (χ0n) is 7.79. The number of carbonyl (C=O) groups is 1. The zero-order chi connectivity index (χ0) is 10.2. The Morgan fingerprint density at radius 3 is 2.36 bits per heavy atom. The van der Waals surface area contributed by atoms with E-state index in [1.807, 2.05) is 0 Å². The van der Waals surface area contributed by atoms with Gasteiger partial charge in [0.25, 0.3) is 0 Å². The molecular weight excluding hydrogens is 181 g/mol. The molecule has 3 heteroatoms. The van der Waals surface area contributed by atoms with Gasteiger partial charge in [-0.1, -0.05) is 0 Å². The van der Waals surface area contributed by atoms with Gasteiger partial charge in [-0.3, -0.25) is 4.79 Å². The number of benzene rings is 1. The summed E-state index contributed by atoms with van der Waals surface area (Å²) in [5.74, 6) is -0.265. The Bertz CT molecular complexity index is 354. The van der Waals surface area contributed by atoms with Crippen LogP contribution in [0.3, 0.4) is 0 Å². The van der Waals surface area contributed by atoms with Gasteiger partial charge in [0, 0.05) is 17.5 Å². The standard InChI is InChI=1S/C11H12FNO/c12-9-3-1-8(2-4-9)10(14)11(7-13)5-6-11/h1-4H,5-7,13H2. The highest BCUT2D eigenvalue weighted by Gasteiger charge is 2.48. The highest BCUT2D eigenvalue weighted by Crippen LogP contribution is 2.47. The first-order valence-electron chi connectivity index (χ1n) is 4.68. The van der Waals surface area contributed by atoms with Crippen LogP contribution in [-0.4, -0.2) is 12.3 Å². The lowest BCUT2D eigenvalue weighted by atomic mass is 9.95.